The van der Waals surface area contributed by atoms with Crippen molar-refractivity contribution in [2.45, 2.75) is 0 Å². The van der Waals surface area contributed by atoms with Crippen LogP contribution in [-0.2, 0) is 0 Å². The minimum atomic E-state index is -1.50. The number of fused-ring (bicyclic) bond motifs is 1. The maximum atomic E-state index is 9.01. The van der Waals surface area contributed by atoms with Crippen LogP contribution in [-0.4, -0.2) is 22.2 Å². The van der Waals surface area contributed by atoms with Gasteiger partial charge in [0, 0.05) is 11.7 Å². The van der Waals surface area contributed by atoms with Crippen LogP contribution in [0.4, 0.5) is 0 Å². The third kappa shape index (κ3) is 1.44. The third-order valence-electron chi connectivity index (χ3n) is 1.76. The number of hydrogen-bond acceptors (Lipinski definition) is 4. The van der Waals surface area contributed by atoms with E-state index in [1.54, 1.807) is 6.07 Å². The van der Waals surface area contributed by atoms with Gasteiger partial charge in [-0.1, -0.05) is 11.6 Å². The van der Waals surface area contributed by atoms with Crippen molar-refractivity contribution in [1.82, 2.24) is 4.98 Å². The Morgan fingerprint density at radius 2 is 2.23 bits per heavy atom. The van der Waals surface area contributed by atoms with Gasteiger partial charge in [0.2, 0.25) is 0 Å². The van der Waals surface area contributed by atoms with E-state index in [4.69, 9.17) is 21.6 Å². The summed E-state index contributed by atoms with van der Waals surface area (Å²) in [6.07, 6.45) is 1.38. The smallest absolute Gasteiger partial charge is 0.423 e. The summed E-state index contributed by atoms with van der Waals surface area (Å²) in [5.74, 6) is 0. The van der Waals surface area contributed by atoms with Crippen LogP contribution < -0.4 is 5.46 Å². The van der Waals surface area contributed by atoms with Crippen molar-refractivity contribution in [2.75, 3.05) is 0 Å². The highest BCUT2D eigenvalue weighted by molar-refractivity contribution is 7.18. The highest BCUT2D eigenvalue weighted by Crippen LogP contribution is 2.25. The quantitative estimate of drug-likeness (QED) is 0.540. The van der Waals surface area contributed by atoms with Gasteiger partial charge in [-0.3, -0.25) is 0 Å². The Morgan fingerprint density at radius 1 is 1.46 bits per heavy atom. The van der Waals surface area contributed by atoms with Crippen LogP contribution in [0.15, 0.2) is 17.6 Å². The van der Waals surface area contributed by atoms with Gasteiger partial charge in [0.05, 0.1) is 4.70 Å². The summed E-state index contributed by atoms with van der Waals surface area (Å²) in [7, 11) is -1.50. The predicted octanol–water partition coefficient (Wildman–Crippen LogP) is 0.629. The Balaban J connectivity index is 2.78. The second kappa shape index (κ2) is 3.27. The molecule has 0 spiro atoms. The highest BCUT2D eigenvalue weighted by atomic mass is 35.5. The summed E-state index contributed by atoms with van der Waals surface area (Å²) < 4.78 is 0.785. The molecule has 0 saturated carbocycles. The van der Waals surface area contributed by atoms with Crippen molar-refractivity contribution in [2.24, 2.45) is 0 Å². The molecular formula is C7H5BClNO2S. The fourth-order valence-electron chi connectivity index (χ4n) is 1.16. The number of nitrogens with zero attached hydrogens (tertiary/aromatic N) is 1. The third-order valence-corrected chi connectivity index (χ3v) is 3.08. The lowest BCUT2D eigenvalue weighted by molar-refractivity contribution is 0.426. The standard InChI is InChI=1S/C7H5BClNO2S/c9-7-6-4(1-2-13-6)5(3-10-7)8(11)12/h1-3,11-12H. The fourth-order valence-corrected chi connectivity index (χ4v) is 2.24. The molecule has 0 amide bonds. The molecule has 0 atom stereocenters. The summed E-state index contributed by atoms with van der Waals surface area (Å²) in [4.78, 5) is 3.86. The first-order chi connectivity index (χ1) is 6.20. The molecule has 3 nitrogen and oxygen atoms in total. The Hall–Kier alpha value is -0.615. The molecule has 0 aliphatic heterocycles. The van der Waals surface area contributed by atoms with Gasteiger partial charge in [-0.15, -0.1) is 11.3 Å². The first-order valence-electron chi connectivity index (χ1n) is 3.58. The first-order valence-corrected chi connectivity index (χ1v) is 4.83. The number of thiophene rings is 1. The first kappa shape index (κ1) is 8.96. The fraction of sp³-hybridized carbons (Fsp3) is 0. The molecular weight excluding hydrogens is 208 g/mol. The molecule has 0 fully saturated rings. The normalized spacial score (nSPS) is 10.7. The topological polar surface area (TPSA) is 53.4 Å². The molecule has 0 bridgehead atoms. The minimum Gasteiger partial charge on any atom is -0.423 e. The molecule has 0 radical (unpaired) electrons. The van der Waals surface area contributed by atoms with Gasteiger partial charge in [-0.05, 0) is 16.8 Å². The van der Waals surface area contributed by atoms with E-state index in [-0.39, 0.29) is 0 Å². The zero-order chi connectivity index (χ0) is 9.42. The summed E-state index contributed by atoms with van der Waals surface area (Å²) in [5.41, 5.74) is 0.389. The van der Waals surface area contributed by atoms with Gasteiger partial charge >= 0.3 is 7.12 Å². The van der Waals surface area contributed by atoms with E-state index in [1.807, 2.05) is 5.38 Å². The van der Waals surface area contributed by atoms with Crippen LogP contribution in [0.25, 0.3) is 10.1 Å². The van der Waals surface area contributed by atoms with Crippen molar-refractivity contribution in [3.05, 3.63) is 22.8 Å². The molecule has 0 aliphatic rings. The second-order valence-corrected chi connectivity index (χ2v) is 3.82. The molecule has 2 aromatic rings. The van der Waals surface area contributed by atoms with Gasteiger partial charge in [0.15, 0.2) is 0 Å². The number of pyridine rings is 1. The second-order valence-electron chi connectivity index (χ2n) is 2.54. The zero-order valence-corrected chi connectivity index (χ0v) is 8.01. The number of rotatable bonds is 1. The van der Waals surface area contributed by atoms with Crippen LogP contribution in [0.1, 0.15) is 0 Å². The molecule has 0 aliphatic carbocycles. The zero-order valence-electron chi connectivity index (χ0n) is 6.44. The van der Waals surface area contributed by atoms with Crippen LogP contribution in [0.2, 0.25) is 5.15 Å². The van der Waals surface area contributed by atoms with E-state index in [1.165, 1.54) is 17.5 Å². The maximum Gasteiger partial charge on any atom is 0.490 e. The van der Waals surface area contributed by atoms with Crippen LogP contribution in [0, 0.1) is 0 Å². The molecule has 6 heteroatoms. The van der Waals surface area contributed by atoms with Crippen molar-refractivity contribution in [3.63, 3.8) is 0 Å². The highest BCUT2D eigenvalue weighted by Gasteiger charge is 2.17. The number of hydrogen-bond donors (Lipinski definition) is 2. The van der Waals surface area contributed by atoms with E-state index in [0.29, 0.717) is 10.6 Å². The van der Waals surface area contributed by atoms with E-state index < -0.39 is 7.12 Å². The van der Waals surface area contributed by atoms with E-state index in [2.05, 4.69) is 4.98 Å². The Bertz CT molecular complexity index is 445. The maximum absolute atomic E-state index is 9.01. The summed E-state index contributed by atoms with van der Waals surface area (Å²) in [6, 6.07) is 1.79. The van der Waals surface area contributed by atoms with Crippen molar-refractivity contribution >= 4 is 45.6 Å². The van der Waals surface area contributed by atoms with Crippen molar-refractivity contribution < 1.29 is 10.0 Å². The van der Waals surface area contributed by atoms with Gasteiger partial charge in [0.25, 0.3) is 0 Å². The average molecular weight is 213 g/mol. The van der Waals surface area contributed by atoms with Crippen LogP contribution in [0.5, 0.6) is 0 Å². The van der Waals surface area contributed by atoms with Gasteiger partial charge < -0.3 is 10.0 Å². The molecule has 2 rings (SSSR count). The lowest BCUT2D eigenvalue weighted by Crippen LogP contribution is -2.30. The van der Waals surface area contributed by atoms with Crippen LogP contribution in [0.3, 0.4) is 0 Å². The monoisotopic (exact) mass is 213 g/mol. The molecule has 0 unspecified atom stereocenters. The predicted molar refractivity (Wildman–Crippen MR) is 54.5 cm³/mol. The number of halogens is 1. The largest absolute Gasteiger partial charge is 0.490 e. The molecule has 0 aromatic carbocycles. The summed E-state index contributed by atoms with van der Waals surface area (Å²) in [5, 5.41) is 21.0. The molecule has 2 aromatic heterocycles. The Labute approximate surface area is 83.8 Å². The lowest BCUT2D eigenvalue weighted by atomic mass is 9.80. The van der Waals surface area contributed by atoms with Crippen LogP contribution >= 0.6 is 22.9 Å². The van der Waals surface area contributed by atoms with E-state index in [9.17, 15) is 0 Å². The summed E-state index contributed by atoms with van der Waals surface area (Å²) in [6.45, 7) is 0. The van der Waals surface area contributed by atoms with Gasteiger partial charge in [-0.25, -0.2) is 4.98 Å². The molecule has 66 valence electrons. The Kier molecular flexibility index (Phi) is 2.25. The van der Waals surface area contributed by atoms with E-state index in [0.717, 1.165) is 10.1 Å². The molecule has 2 N–H and O–H groups in total. The lowest BCUT2D eigenvalue weighted by Gasteiger charge is -2.01. The Morgan fingerprint density at radius 3 is 2.92 bits per heavy atom. The molecule has 13 heavy (non-hydrogen) atoms. The number of aromatic nitrogens is 1. The van der Waals surface area contributed by atoms with Crippen molar-refractivity contribution in [3.8, 4) is 0 Å². The minimum absolute atomic E-state index is 0.389. The van der Waals surface area contributed by atoms with E-state index >= 15 is 0 Å². The summed E-state index contributed by atoms with van der Waals surface area (Å²) >= 11 is 7.24. The molecule has 2 heterocycles. The average Bonchev–Trinajstić information content (AvgIpc) is 2.53. The molecule has 0 saturated heterocycles. The van der Waals surface area contributed by atoms with Gasteiger partial charge in [-0.2, -0.15) is 0 Å². The van der Waals surface area contributed by atoms with Gasteiger partial charge in [0.1, 0.15) is 5.15 Å². The van der Waals surface area contributed by atoms with Crippen molar-refractivity contribution in [1.29, 1.82) is 0 Å². The SMILES string of the molecule is OB(O)c1cnc(Cl)c2sccc12.